The molecule has 0 saturated heterocycles. The van der Waals surface area contributed by atoms with E-state index in [2.05, 4.69) is 32.1 Å². The summed E-state index contributed by atoms with van der Waals surface area (Å²) in [5.74, 6) is 0.0424. The molecule has 7 nitrogen and oxygen atoms in total. The van der Waals surface area contributed by atoms with Crippen LogP contribution in [0.25, 0.3) is 11.1 Å². The highest BCUT2D eigenvalue weighted by Gasteiger charge is 2.16. The van der Waals surface area contributed by atoms with Gasteiger partial charge >= 0.3 is 0 Å². The number of carbonyl (C=O) groups is 2. The Morgan fingerprint density at radius 1 is 0.769 bits per heavy atom. The van der Waals surface area contributed by atoms with Crippen molar-refractivity contribution in [2.75, 3.05) is 13.2 Å². The van der Waals surface area contributed by atoms with Crippen molar-refractivity contribution in [3.8, 4) is 22.6 Å². The van der Waals surface area contributed by atoms with Gasteiger partial charge < -0.3 is 9.47 Å². The first-order valence-corrected chi connectivity index (χ1v) is 13.3. The van der Waals surface area contributed by atoms with Crippen molar-refractivity contribution >= 4 is 45.1 Å². The fourth-order valence-electron chi connectivity index (χ4n) is 3.69. The standard InChI is InChI=1S/C30H26BrN3O4S/c31-23-15-16-27(37-18-17-21-9-3-1-4-10-21)25(19-23)29(36)32-30(39)34-33-28(35)20-38-26-14-8-7-13-24(26)22-11-5-2-6-12-22/h1-16,19H,17-18,20H2,(H,33,35)(H2,32,34,36,39). The lowest BCUT2D eigenvalue weighted by Gasteiger charge is -2.15. The maximum atomic E-state index is 12.9. The molecule has 4 rings (SSSR count). The molecule has 0 radical (unpaired) electrons. The van der Waals surface area contributed by atoms with Crippen LogP contribution in [0.4, 0.5) is 0 Å². The Kier molecular flexibility index (Phi) is 10.0. The number of amides is 2. The van der Waals surface area contributed by atoms with Gasteiger partial charge in [0.2, 0.25) is 0 Å². The highest BCUT2D eigenvalue weighted by Crippen LogP contribution is 2.29. The molecule has 0 aliphatic carbocycles. The van der Waals surface area contributed by atoms with Gasteiger partial charge in [-0.3, -0.25) is 25.8 Å². The lowest BCUT2D eigenvalue weighted by Crippen LogP contribution is -2.49. The summed E-state index contributed by atoms with van der Waals surface area (Å²) in [6, 6.07) is 32.3. The van der Waals surface area contributed by atoms with E-state index in [4.69, 9.17) is 21.7 Å². The number of ether oxygens (including phenoxy) is 2. The number of thiocarbonyl (C=S) groups is 1. The molecule has 0 bridgehead atoms. The number of rotatable bonds is 9. The van der Waals surface area contributed by atoms with Crippen LogP contribution in [0.15, 0.2) is 108 Å². The summed E-state index contributed by atoms with van der Waals surface area (Å²) in [6.07, 6.45) is 0.696. The summed E-state index contributed by atoms with van der Waals surface area (Å²) in [5.41, 5.74) is 8.25. The molecule has 0 atom stereocenters. The minimum Gasteiger partial charge on any atom is -0.492 e. The van der Waals surface area contributed by atoms with Crippen molar-refractivity contribution in [3.63, 3.8) is 0 Å². The Bertz CT molecular complexity index is 1430. The maximum absolute atomic E-state index is 12.9. The van der Waals surface area contributed by atoms with Crippen molar-refractivity contribution in [1.29, 1.82) is 0 Å². The number of hydrazine groups is 1. The second kappa shape index (κ2) is 14.1. The van der Waals surface area contributed by atoms with Gasteiger partial charge in [0, 0.05) is 16.5 Å². The van der Waals surface area contributed by atoms with Gasteiger partial charge in [-0.2, -0.15) is 0 Å². The van der Waals surface area contributed by atoms with E-state index in [-0.39, 0.29) is 11.7 Å². The number of hydrogen-bond donors (Lipinski definition) is 3. The minimum absolute atomic E-state index is 0.0757. The molecule has 9 heteroatoms. The molecule has 3 N–H and O–H groups in total. The van der Waals surface area contributed by atoms with E-state index >= 15 is 0 Å². The van der Waals surface area contributed by atoms with Gasteiger partial charge in [0.1, 0.15) is 11.5 Å². The normalized spacial score (nSPS) is 10.3. The van der Waals surface area contributed by atoms with Gasteiger partial charge in [-0.15, -0.1) is 0 Å². The fourth-order valence-corrected chi connectivity index (χ4v) is 4.19. The third-order valence-electron chi connectivity index (χ3n) is 5.55. The van der Waals surface area contributed by atoms with Crippen LogP contribution in [-0.2, 0) is 11.2 Å². The fraction of sp³-hybridized carbons (Fsp3) is 0.100. The highest BCUT2D eigenvalue weighted by atomic mass is 79.9. The smallest absolute Gasteiger partial charge is 0.276 e. The van der Waals surface area contributed by atoms with E-state index in [0.717, 1.165) is 16.7 Å². The summed E-state index contributed by atoms with van der Waals surface area (Å²) in [6.45, 7) is 0.149. The first-order valence-electron chi connectivity index (χ1n) is 12.1. The quantitative estimate of drug-likeness (QED) is 0.174. The van der Waals surface area contributed by atoms with Crippen LogP contribution in [0.2, 0.25) is 0 Å². The third kappa shape index (κ3) is 8.39. The molecule has 0 aromatic heterocycles. The van der Waals surface area contributed by atoms with Gasteiger partial charge in [-0.25, -0.2) is 0 Å². The van der Waals surface area contributed by atoms with Crippen LogP contribution < -0.4 is 25.6 Å². The van der Waals surface area contributed by atoms with Crippen LogP contribution in [0.5, 0.6) is 11.5 Å². The van der Waals surface area contributed by atoms with Crippen molar-refractivity contribution in [1.82, 2.24) is 16.2 Å². The van der Waals surface area contributed by atoms with Crippen LogP contribution in [0, 0.1) is 0 Å². The molecule has 0 heterocycles. The number of nitrogens with one attached hydrogen (secondary N) is 3. The monoisotopic (exact) mass is 603 g/mol. The average molecular weight is 605 g/mol. The molecule has 4 aromatic carbocycles. The summed E-state index contributed by atoms with van der Waals surface area (Å²) in [7, 11) is 0. The number of carbonyl (C=O) groups excluding carboxylic acids is 2. The molecule has 0 aliphatic heterocycles. The Balaban J connectivity index is 1.27. The van der Waals surface area contributed by atoms with E-state index < -0.39 is 11.8 Å². The Labute approximate surface area is 240 Å². The average Bonchev–Trinajstić information content (AvgIpc) is 2.97. The number of halogens is 1. The van der Waals surface area contributed by atoms with E-state index in [1.54, 1.807) is 24.3 Å². The second-order valence-corrected chi connectivity index (χ2v) is 9.66. The number of hydrogen-bond acceptors (Lipinski definition) is 5. The van der Waals surface area contributed by atoms with Gasteiger partial charge in [0.15, 0.2) is 11.7 Å². The van der Waals surface area contributed by atoms with Gasteiger partial charge in [0.25, 0.3) is 11.8 Å². The lowest BCUT2D eigenvalue weighted by molar-refractivity contribution is -0.123. The largest absolute Gasteiger partial charge is 0.492 e. The van der Waals surface area contributed by atoms with Crippen molar-refractivity contribution in [2.24, 2.45) is 0 Å². The molecule has 2 amide bonds. The summed E-state index contributed by atoms with van der Waals surface area (Å²) < 4.78 is 12.3. The van der Waals surface area contributed by atoms with E-state index in [9.17, 15) is 9.59 Å². The predicted molar refractivity (Wildman–Crippen MR) is 158 cm³/mol. The van der Waals surface area contributed by atoms with Crippen molar-refractivity contribution < 1.29 is 19.1 Å². The van der Waals surface area contributed by atoms with Crippen molar-refractivity contribution in [3.05, 3.63) is 119 Å². The molecule has 0 unspecified atom stereocenters. The third-order valence-corrected chi connectivity index (χ3v) is 6.25. The zero-order valence-electron chi connectivity index (χ0n) is 20.9. The van der Waals surface area contributed by atoms with E-state index in [0.29, 0.717) is 34.6 Å². The van der Waals surface area contributed by atoms with Crippen LogP contribution in [0.3, 0.4) is 0 Å². The minimum atomic E-state index is -0.481. The molecule has 198 valence electrons. The van der Waals surface area contributed by atoms with E-state index in [1.807, 2.05) is 78.9 Å². The molecule has 0 fully saturated rings. The first-order chi connectivity index (χ1) is 19.0. The Morgan fingerprint density at radius 3 is 2.23 bits per heavy atom. The Hall–Kier alpha value is -4.21. The lowest BCUT2D eigenvalue weighted by atomic mass is 10.1. The maximum Gasteiger partial charge on any atom is 0.276 e. The molecular weight excluding hydrogens is 578 g/mol. The molecule has 4 aromatic rings. The van der Waals surface area contributed by atoms with Gasteiger partial charge in [-0.1, -0.05) is 94.8 Å². The summed E-state index contributed by atoms with van der Waals surface area (Å²) in [4.78, 5) is 25.3. The number of para-hydroxylation sites is 1. The molecule has 0 spiro atoms. The predicted octanol–water partition coefficient (Wildman–Crippen LogP) is 5.45. The zero-order valence-corrected chi connectivity index (χ0v) is 23.3. The molecule has 0 saturated carbocycles. The van der Waals surface area contributed by atoms with Crippen LogP contribution >= 0.6 is 28.1 Å². The van der Waals surface area contributed by atoms with Crippen LogP contribution in [-0.4, -0.2) is 30.1 Å². The van der Waals surface area contributed by atoms with E-state index in [1.165, 1.54) is 0 Å². The second-order valence-electron chi connectivity index (χ2n) is 8.33. The van der Waals surface area contributed by atoms with Gasteiger partial charge in [-0.05, 0) is 47.6 Å². The topological polar surface area (TPSA) is 88.7 Å². The first kappa shape index (κ1) is 27.8. The zero-order chi connectivity index (χ0) is 27.5. The SMILES string of the molecule is O=C(COc1ccccc1-c1ccccc1)NNC(=S)NC(=O)c1cc(Br)ccc1OCCc1ccccc1. The van der Waals surface area contributed by atoms with Crippen molar-refractivity contribution in [2.45, 2.75) is 6.42 Å². The van der Waals surface area contributed by atoms with Crippen LogP contribution in [0.1, 0.15) is 15.9 Å². The highest BCUT2D eigenvalue weighted by molar-refractivity contribution is 9.10. The summed E-state index contributed by atoms with van der Waals surface area (Å²) in [5, 5.41) is 2.48. The number of benzene rings is 4. The van der Waals surface area contributed by atoms with Gasteiger partial charge in [0.05, 0.1) is 12.2 Å². The molecular formula is C30H26BrN3O4S. The molecule has 39 heavy (non-hydrogen) atoms. The molecule has 0 aliphatic rings. The Morgan fingerprint density at radius 2 is 1.46 bits per heavy atom. The summed E-state index contributed by atoms with van der Waals surface area (Å²) >= 11 is 8.57.